The van der Waals surface area contributed by atoms with Gasteiger partial charge in [0, 0.05) is 0 Å². The Morgan fingerprint density at radius 3 is 2.35 bits per heavy atom. The summed E-state index contributed by atoms with van der Waals surface area (Å²) in [5, 5.41) is 4.78. The molecular formula is C13H9Cl2SZr. The summed E-state index contributed by atoms with van der Waals surface area (Å²) in [5.41, 5.74) is 1.33. The van der Waals surface area contributed by atoms with E-state index in [-0.39, 0.29) is 51.0 Å². The molecule has 0 bridgehead atoms. The van der Waals surface area contributed by atoms with Gasteiger partial charge in [0.25, 0.3) is 0 Å². The van der Waals surface area contributed by atoms with Crippen LogP contribution in [0.5, 0.6) is 0 Å². The Hall–Kier alpha value is -0.00688. The van der Waals surface area contributed by atoms with E-state index >= 15 is 0 Å². The zero-order chi connectivity index (χ0) is 9.38. The maximum atomic E-state index is 2.25. The maximum absolute atomic E-state index is 2.25. The van der Waals surface area contributed by atoms with Gasteiger partial charge in [-0.25, -0.2) is 0 Å². The maximum Gasteiger partial charge on any atom is 3.00 e. The van der Waals surface area contributed by atoms with Crippen molar-refractivity contribution in [1.29, 1.82) is 0 Å². The molecule has 1 heterocycles. The summed E-state index contributed by atoms with van der Waals surface area (Å²) in [7, 11) is 0. The molecule has 0 spiro atoms. The second-order valence-corrected chi connectivity index (χ2v) is 4.30. The third-order valence-corrected chi connectivity index (χ3v) is 3.34. The van der Waals surface area contributed by atoms with Gasteiger partial charge in [-0.05, 0) is 10.3 Å². The molecule has 0 unspecified atom stereocenters. The van der Waals surface area contributed by atoms with Crippen molar-refractivity contribution in [1.82, 2.24) is 0 Å². The summed E-state index contributed by atoms with van der Waals surface area (Å²) in [5.74, 6) is 0. The van der Waals surface area contributed by atoms with Crippen LogP contribution in [0.25, 0.3) is 21.2 Å². The van der Waals surface area contributed by atoms with E-state index in [2.05, 4.69) is 53.9 Å². The first-order valence-electron chi connectivity index (χ1n) is 4.63. The minimum atomic E-state index is 0. The Bertz CT molecular complexity index is 525. The molecule has 17 heavy (non-hydrogen) atoms. The van der Waals surface area contributed by atoms with Crippen LogP contribution < -0.4 is 24.8 Å². The van der Waals surface area contributed by atoms with E-state index in [0.717, 1.165) is 0 Å². The summed E-state index contributed by atoms with van der Waals surface area (Å²) >= 11 is 1.79. The van der Waals surface area contributed by atoms with Crippen molar-refractivity contribution in [2.75, 3.05) is 0 Å². The van der Waals surface area contributed by atoms with E-state index < -0.39 is 0 Å². The van der Waals surface area contributed by atoms with Crippen LogP contribution in [0, 0.1) is 0 Å². The van der Waals surface area contributed by atoms with Gasteiger partial charge in [0.05, 0.1) is 0 Å². The summed E-state index contributed by atoms with van der Waals surface area (Å²) in [6.45, 7) is 0. The van der Waals surface area contributed by atoms with Gasteiger partial charge < -0.3 is 24.8 Å². The number of halogens is 2. The van der Waals surface area contributed by atoms with E-state index in [4.69, 9.17) is 0 Å². The van der Waals surface area contributed by atoms with Crippen molar-refractivity contribution in [2.24, 2.45) is 0 Å². The molecule has 0 atom stereocenters. The normalized spacial score (nSPS) is 8.94. The van der Waals surface area contributed by atoms with E-state index in [1.165, 1.54) is 21.2 Å². The van der Waals surface area contributed by atoms with Gasteiger partial charge in [-0.1, -0.05) is 30.3 Å². The summed E-state index contributed by atoms with van der Waals surface area (Å²) in [6.07, 6.45) is 0. The zero-order valence-electron chi connectivity index (χ0n) is 8.86. The average Bonchev–Trinajstić information content (AvgIpc) is 2.86. The fourth-order valence-electron chi connectivity index (χ4n) is 1.74. The summed E-state index contributed by atoms with van der Waals surface area (Å²) in [4.78, 5) is 1.35. The molecule has 0 aliphatic heterocycles. The van der Waals surface area contributed by atoms with Crippen LogP contribution in [0.1, 0.15) is 0 Å². The first-order valence-corrected chi connectivity index (χ1v) is 5.51. The Morgan fingerprint density at radius 1 is 0.941 bits per heavy atom. The Balaban J connectivity index is 0.000000853. The van der Waals surface area contributed by atoms with Crippen LogP contribution in [0.2, 0.25) is 0 Å². The molecule has 3 rings (SSSR count). The average molecular weight is 359 g/mol. The molecule has 4 heteroatoms. The molecule has 1 radical (unpaired) electrons. The van der Waals surface area contributed by atoms with Crippen LogP contribution in [0.15, 0.2) is 53.9 Å². The third kappa shape index (κ3) is 3.48. The first-order chi connectivity index (χ1) is 6.93. The number of fused-ring (bicyclic) bond motifs is 1. The van der Waals surface area contributed by atoms with Gasteiger partial charge in [-0.15, -0.1) is 34.5 Å². The largest absolute Gasteiger partial charge is 3.00 e. The summed E-state index contributed by atoms with van der Waals surface area (Å²) < 4.78 is 0. The molecule has 0 N–H and O–H groups in total. The molecule has 85 valence electrons. The Morgan fingerprint density at radius 2 is 1.71 bits per heavy atom. The van der Waals surface area contributed by atoms with Crippen LogP contribution in [0.4, 0.5) is 0 Å². The second-order valence-electron chi connectivity index (χ2n) is 3.35. The van der Waals surface area contributed by atoms with Crippen molar-refractivity contribution >= 4 is 22.1 Å². The van der Waals surface area contributed by atoms with Gasteiger partial charge in [0.2, 0.25) is 0 Å². The molecule has 1 aromatic heterocycles. The van der Waals surface area contributed by atoms with Gasteiger partial charge in [0.1, 0.15) is 0 Å². The molecular weight excluding hydrogens is 350 g/mol. The van der Waals surface area contributed by atoms with Crippen molar-refractivity contribution in [2.45, 2.75) is 0 Å². The molecule has 0 nitrogen and oxygen atoms in total. The minimum absolute atomic E-state index is 0. The first kappa shape index (κ1) is 17.0. The molecule has 0 saturated heterocycles. The molecule has 0 aliphatic rings. The molecule has 0 amide bonds. The molecule has 0 saturated carbocycles. The van der Waals surface area contributed by atoms with E-state index in [1.54, 1.807) is 11.3 Å². The predicted octanol–water partition coefficient (Wildman–Crippen LogP) is -1.71. The monoisotopic (exact) mass is 357 g/mol. The van der Waals surface area contributed by atoms with Gasteiger partial charge in [-0.2, -0.15) is 11.3 Å². The standard InChI is InChI=1S/C13H9S.2ClH.Zr/c1-2-5-11-9-12(8-10(11)4-1)13-6-3-7-14-13;;;/h1-9H;2*1H;/q-1;;;+3/p-2. The van der Waals surface area contributed by atoms with Crippen molar-refractivity contribution in [3.63, 3.8) is 0 Å². The summed E-state index contributed by atoms with van der Waals surface area (Å²) in [6, 6.07) is 17.2. The van der Waals surface area contributed by atoms with Crippen LogP contribution in [0.3, 0.4) is 0 Å². The van der Waals surface area contributed by atoms with E-state index in [1.807, 2.05) is 0 Å². The zero-order valence-corrected chi connectivity index (χ0v) is 13.6. The van der Waals surface area contributed by atoms with Crippen LogP contribution >= 0.6 is 11.3 Å². The Labute approximate surface area is 136 Å². The smallest absolute Gasteiger partial charge is 1.00 e. The molecule has 3 aromatic rings. The second kappa shape index (κ2) is 7.43. The third-order valence-electron chi connectivity index (χ3n) is 2.42. The molecule has 0 fully saturated rings. The van der Waals surface area contributed by atoms with Gasteiger partial charge in [0.15, 0.2) is 0 Å². The quantitative estimate of drug-likeness (QED) is 0.454. The fourth-order valence-corrected chi connectivity index (χ4v) is 2.45. The van der Waals surface area contributed by atoms with Crippen molar-refractivity contribution < 1.29 is 51.0 Å². The fraction of sp³-hybridized carbons (Fsp3) is 0. The molecule has 0 aliphatic carbocycles. The number of hydrogen-bond acceptors (Lipinski definition) is 1. The van der Waals surface area contributed by atoms with Crippen molar-refractivity contribution in [3.8, 4) is 10.4 Å². The van der Waals surface area contributed by atoms with Crippen molar-refractivity contribution in [3.05, 3.63) is 53.9 Å². The molecule has 2 aromatic carbocycles. The van der Waals surface area contributed by atoms with Crippen LogP contribution in [-0.2, 0) is 26.2 Å². The number of benzene rings is 1. The van der Waals surface area contributed by atoms with Crippen LogP contribution in [-0.4, -0.2) is 0 Å². The van der Waals surface area contributed by atoms with Gasteiger partial charge in [-0.3, -0.25) is 0 Å². The number of hydrogen-bond donors (Lipinski definition) is 0. The predicted molar refractivity (Wildman–Crippen MR) is 62.9 cm³/mol. The number of rotatable bonds is 1. The van der Waals surface area contributed by atoms with E-state index in [0.29, 0.717) is 0 Å². The Kier molecular flexibility index (Phi) is 7.43. The number of thiophene rings is 1. The topological polar surface area (TPSA) is 0 Å². The minimum Gasteiger partial charge on any atom is -1.00 e. The van der Waals surface area contributed by atoms with Gasteiger partial charge >= 0.3 is 26.2 Å². The SMILES string of the molecule is [Cl-].[Cl-].[Zr+3].c1csc(-c2cc3ccccc3[cH-]2)c1. The van der Waals surface area contributed by atoms with E-state index in [9.17, 15) is 0 Å².